The molecule has 5 nitrogen and oxygen atoms in total. The first-order valence-electron chi connectivity index (χ1n) is 7.26. The van der Waals surface area contributed by atoms with E-state index in [1.807, 2.05) is 48.8 Å². The van der Waals surface area contributed by atoms with Gasteiger partial charge in [-0.3, -0.25) is 10.00 Å². The summed E-state index contributed by atoms with van der Waals surface area (Å²) in [4.78, 5) is 7.65. The molecule has 2 aromatic heterocycles. The van der Waals surface area contributed by atoms with E-state index in [-0.39, 0.29) is 5.50 Å². The predicted octanol–water partition coefficient (Wildman–Crippen LogP) is 3.13. The third-order valence-corrected chi connectivity index (χ3v) is 4.77. The van der Waals surface area contributed by atoms with Crippen LogP contribution in [0.4, 0.5) is 5.82 Å². The number of nitrogens with two attached hydrogens (primary N) is 1. The summed E-state index contributed by atoms with van der Waals surface area (Å²) < 4.78 is 0. The number of pyridine rings is 1. The van der Waals surface area contributed by atoms with E-state index in [1.165, 1.54) is 0 Å². The topological polar surface area (TPSA) is 70.8 Å². The van der Waals surface area contributed by atoms with Crippen molar-refractivity contribution in [3.63, 3.8) is 0 Å². The van der Waals surface area contributed by atoms with Crippen LogP contribution in [0.3, 0.4) is 0 Å². The van der Waals surface area contributed by atoms with Gasteiger partial charge in [0.15, 0.2) is 0 Å². The number of H-pyrrole nitrogens is 1. The molecule has 0 saturated carbocycles. The lowest BCUT2D eigenvalue weighted by Gasteiger charge is -2.24. The number of hydrogen-bond acceptors (Lipinski definition) is 5. The smallest absolute Gasteiger partial charge is 0.136 e. The van der Waals surface area contributed by atoms with Crippen molar-refractivity contribution < 1.29 is 0 Å². The molecular weight excluding hydrogens is 306 g/mol. The summed E-state index contributed by atoms with van der Waals surface area (Å²) in [7, 11) is 0. The Bertz CT molecular complexity index is 815. The maximum Gasteiger partial charge on any atom is 0.136 e. The zero-order chi connectivity index (χ0) is 15.6. The van der Waals surface area contributed by atoms with Crippen LogP contribution in [0.1, 0.15) is 11.1 Å². The van der Waals surface area contributed by atoms with Crippen LogP contribution in [0.2, 0.25) is 0 Å². The van der Waals surface area contributed by atoms with E-state index in [4.69, 9.17) is 5.73 Å². The number of thioether (sulfide) groups is 1. The van der Waals surface area contributed by atoms with Gasteiger partial charge in [-0.15, -0.1) is 0 Å². The normalized spacial score (nSPS) is 17.8. The van der Waals surface area contributed by atoms with E-state index in [1.54, 1.807) is 18.0 Å². The molecule has 3 heterocycles. The lowest BCUT2D eigenvalue weighted by molar-refractivity contribution is 0.916. The largest absolute Gasteiger partial charge is 0.302 e. The molecule has 0 radical (unpaired) electrons. The fourth-order valence-electron chi connectivity index (χ4n) is 2.65. The molecule has 3 N–H and O–H groups in total. The quantitative estimate of drug-likeness (QED) is 0.775. The zero-order valence-corrected chi connectivity index (χ0v) is 13.1. The van der Waals surface area contributed by atoms with Crippen LogP contribution in [0, 0.1) is 0 Å². The second-order valence-corrected chi connectivity index (χ2v) is 6.22. The Labute approximate surface area is 138 Å². The summed E-state index contributed by atoms with van der Waals surface area (Å²) in [5.41, 5.74) is 9.35. The van der Waals surface area contributed by atoms with Gasteiger partial charge in [-0.05, 0) is 17.7 Å². The Morgan fingerprint density at radius 2 is 1.87 bits per heavy atom. The first-order chi connectivity index (χ1) is 11.3. The zero-order valence-electron chi connectivity index (χ0n) is 12.3. The number of anilines is 1. The third kappa shape index (κ3) is 2.52. The summed E-state index contributed by atoms with van der Waals surface area (Å²) in [6, 6.07) is 16.1. The Morgan fingerprint density at radius 3 is 2.57 bits per heavy atom. The number of aromatic amines is 1. The van der Waals surface area contributed by atoms with Crippen LogP contribution in [0.15, 0.2) is 67.1 Å². The first kappa shape index (κ1) is 14.0. The van der Waals surface area contributed by atoms with Gasteiger partial charge in [0.05, 0.1) is 11.9 Å². The first-order valence-corrected chi connectivity index (χ1v) is 8.14. The summed E-state index contributed by atoms with van der Waals surface area (Å²) in [5, 5.41) is 6.98. The highest BCUT2D eigenvalue weighted by Crippen LogP contribution is 2.47. The maximum absolute atomic E-state index is 6.41. The second-order valence-electron chi connectivity index (χ2n) is 5.10. The van der Waals surface area contributed by atoms with Gasteiger partial charge < -0.3 is 5.73 Å². The molecule has 1 unspecified atom stereocenters. The fourth-order valence-corrected chi connectivity index (χ4v) is 3.81. The van der Waals surface area contributed by atoms with Crippen LogP contribution < -0.4 is 10.6 Å². The number of benzene rings is 1. The van der Waals surface area contributed by atoms with Crippen molar-refractivity contribution in [3.8, 4) is 0 Å². The highest BCUT2D eigenvalue weighted by molar-refractivity contribution is 8.09. The van der Waals surface area contributed by atoms with Gasteiger partial charge in [-0.2, -0.15) is 5.10 Å². The number of nitrogens with zero attached hydrogens (tertiary/aromatic N) is 3. The Morgan fingerprint density at radius 1 is 1.04 bits per heavy atom. The molecule has 23 heavy (non-hydrogen) atoms. The molecule has 1 aliphatic heterocycles. The van der Waals surface area contributed by atoms with Crippen LogP contribution in [-0.2, 0) is 0 Å². The molecule has 114 valence electrons. The number of aromatic nitrogens is 3. The Balaban J connectivity index is 1.91. The van der Waals surface area contributed by atoms with Crippen LogP contribution >= 0.6 is 11.8 Å². The lowest BCUT2D eigenvalue weighted by atomic mass is 10.1. The third-order valence-electron chi connectivity index (χ3n) is 3.65. The molecule has 0 amide bonds. The molecular formula is C17H15N5S. The molecule has 1 aromatic carbocycles. The minimum Gasteiger partial charge on any atom is -0.302 e. The highest BCUT2D eigenvalue weighted by Gasteiger charge is 2.34. The van der Waals surface area contributed by atoms with Gasteiger partial charge in [0.25, 0.3) is 0 Å². The van der Waals surface area contributed by atoms with Crippen molar-refractivity contribution in [2.45, 2.75) is 5.50 Å². The van der Waals surface area contributed by atoms with Crippen molar-refractivity contribution in [3.05, 3.63) is 78.2 Å². The summed E-state index contributed by atoms with van der Waals surface area (Å²) in [6.07, 6.45) is 5.47. The summed E-state index contributed by atoms with van der Waals surface area (Å²) >= 11 is 1.63. The summed E-state index contributed by atoms with van der Waals surface area (Å²) in [5.74, 6) is 0.828. The number of hydrogen-bond donors (Lipinski definition) is 2. The van der Waals surface area contributed by atoms with E-state index in [9.17, 15) is 0 Å². The van der Waals surface area contributed by atoms with Gasteiger partial charge >= 0.3 is 0 Å². The molecule has 0 aliphatic carbocycles. The van der Waals surface area contributed by atoms with Crippen molar-refractivity contribution in [2.75, 3.05) is 4.90 Å². The van der Waals surface area contributed by atoms with Crippen molar-refractivity contribution in [1.82, 2.24) is 15.2 Å². The van der Waals surface area contributed by atoms with Crippen molar-refractivity contribution >= 4 is 28.2 Å². The van der Waals surface area contributed by atoms with Gasteiger partial charge in [-0.1, -0.05) is 48.2 Å². The average molecular weight is 321 g/mol. The number of nitrogens with one attached hydrogen (secondary N) is 1. The molecule has 0 spiro atoms. The minimum atomic E-state index is -0.231. The molecule has 4 rings (SSSR count). The molecule has 0 fully saturated rings. The standard InChI is InChI=1S/C17H15N5S/c18-17-22(14-8-4-5-9-19-14)15(13-10-20-21-11-13)16(23-17)12-6-2-1-3-7-12/h1-11,17H,18H2,(H,20,21). The van der Waals surface area contributed by atoms with Gasteiger partial charge in [0.2, 0.25) is 0 Å². The molecule has 1 aliphatic rings. The second kappa shape index (κ2) is 5.91. The maximum atomic E-state index is 6.41. The van der Waals surface area contributed by atoms with Gasteiger partial charge in [-0.25, -0.2) is 4.98 Å². The van der Waals surface area contributed by atoms with Crippen LogP contribution in [-0.4, -0.2) is 20.7 Å². The molecule has 0 saturated heterocycles. The summed E-state index contributed by atoms with van der Waals surface area (Å²) in [6.45, 7) is 0. The van der Waals surface area contributed by atoms with Gasteiger partial charge in [0.1, 0.15) is 11.3 Å². The molecule has 1 atom stereocenters. The molecule has 0 bridgehead atoms. The highest BCUT2D eigenvalue weighted by atomic mass is 32.2. The van der Waals surface area contributed by atoms with Crippen LogP contribution in [0.5, 0.6) is 0 Å². The molecule has 3 aromatic rings. The van der Waals surface area contributed by atoms with Crippen LogP contribution in [0.25, 0.3) is 10.6 Å². The Hall–Kier alpha value is -2.57. The predicted molar refractivity (Wildman–Crippen MR) is 94.1 cm³/mol. The molecule has 6 heteroatoms. The average Bonchev–Trinajstić information content (AvgIpc) is 3.24. The van der Waals surface area contributed by atoms with Crippen molar-refractivity contribution in [2.24, 2.45) is 5.73 Å². The van der Waals surface area contributed by atoms with Crippen molar-refractivity contribution in [1.29, 1.82) is 0 Å². The fraction of sp³-hybridized carbons (Fsp3) is 0.0588. The monoisotopic (exact) mass is 321 g/mol. The SMILES string of the molecule is NC1SC(c2ccccc2)=C(c2cn[nH]c2)N1c1ccccn1. The number of rotatable bonds is 3. The lowest BCUT2D eigenvalue weighted by Crippen LogP contribution is -2.35. The van der Waals surface area contributed by atoms with E-state index >= 15 is 0 Å². The van der Waals surface area contributed by atoms with E-state index in [0.717, 1.165) is 27.5 Å². The van der Waals surface area contributed by atoms with Gasteiger partial charge in [0, 0.05) is 22.9 Å². The minimum absolute atomic E-state index is 0.231. The van der Waals surface area contributed by atoms with E-state index in [0.29, 0.717) is 0 Å². The Kier molecular flexibility index (Phi) is 3.61. The van der Waals surface area contributed by atoms with E-state index in [2.05, 4.69) is 32.2 Å². The van der Waals surface area contributed by atoms with E-state index < -0.39 is 0 Å².